The highest BCUT2D eigenvalue weighted by molar-refractivity contribution is 5.84. The van der Waals surface area contributed by atoms with Gasteiger partial charge in [0.25, 0.3) is 0 Å². The molecule has 112 valence electrons. The average Bonchev–Trinajstić information content (AvgIpc) is 2.76. The van der Waals surface area contributed by atoms with Crippen LogP contribution in [0, 0.1) is 11.3 Å². The average molecular weight is 281 g/mol. The maximum Gasteiger partial charge on any atom is 0.356 e. The van der Waals surface area contributed by atoms with Crippen LogP contribution in [0.15, 0.2) is 12.5 Å². The smallest absolute Gasteiger partial charge is 0.356 e. The summed E-state index contributed by atoms with van der Waals surface area (Å²) in [4.78, 5) is 26.2. The van der Waals surface area contributed by atoms with Gasteiger partial charge in [0.05, 0.1) is 6.33 Å². The molecule has 0 radical (unpaired) electrons. The van der Waals surface area contributed by atoms with E-state index in [1.807, 2.05) is 0 Å². The lowest BCUT2D eigenvalue weighted by molar-refractivity contribution is -0.122. The van der Waals surface area contributed by atoms with Crippen molar-refractivity contribution in [3.63, 3.8) is 0 Å². The summed E-state index contributed by atoms with van der Waals surface area (Å²) in [7, 11) is 0. The number of aromatic nitrogens is 2. The van der Waals surface area contributed by atoms with E-state index in [1.165, 1.54) is 12.5 Å². The summed E-state index contributed by atoms with van der Waals surface area (Å²) < 4.78 is 1.65. The van der Waals surface area contributed by atoms with E-state index < -0.39 is 5.97 Å². The summed E-state index contributed by atoms with van der Waals surface area (Å²) in [6, 6.07) is 0. The van der Waals surface area contributed by atoms with Gasteiger partial charge in [-0.3, -0.25) is 4.79 Å². The van der Waals surface area contributed by atoms with E-state index in [9.17, 15) is 9.59 Å². The van der Waals surface area contributed by atoms with Crippen LogP contribution in [0.25, 0.3) is 0 Å². The van der Waals surface area contributed by atoms with Crippen molar-refractivity contribution in [2.24, 2.45) is 11.3 Å². The minimum atomic E-state index is -1.05. The van der Waals surface area contributed by atoms with Gasteiger partial charge in [0.2, 0.25) is 5.91 Å². The zero-order chi connectivity index (χ0) is 15.3. The molecule has 1 aromatic heterocycles. The van der Waals surface area contributed by atoms with Gasteiger partial charge in [-0.25, -0.2) is 9.78 Å². The van der Waals surface area contributed by atoms with Crippen LogP contribution in [0.4, 0.5) is 0 Å². The third-order valence-corrected chi connectivity index (χ3v) is 3.51. The highest BCUT2D eigenvalue weighted by Gasteiger charge is 2.22. The Morgan fingerprint density at radius 1 is 1.45 bits per heavy atom. The molecule has 1 amide bonds. The molecule has 1 heterocycles. The zero-order valence-corrected chi connectivity index (χ0v) is 12.5. The van der Waals surface area contributed by atoms with Gasteiger partial charge in [0, 0.05) is 25.7 Å². The molecule has 6 heteroatoms. The van der Waals surface area contributed by atoms with Gasteiger partial charge in [-0.05, 0) is 11.3 Å². The first-order valence-corrected chi connectivity index (χ1v) is 6.72. The quantitative estimate of drug-likeness (QED) is 0.832. The Kier molecular flexibility index (Phi) is 5.30. The monoisotopic (exact) mass is 281 g/mol. The van der Waals surface area contributed by atoms with Gasteiger partial charge >= 0.3 is 5.97 Å². The molecule has 6 nitrogen and oxygen atoms in total. The highest BCUT2D eigenvalue weighted by Crippen LogP contribution is 2.27. The fourth-order valence-electron chi connectivity index (χ4n) is 1.57. The van der Waals surface area contributed by atoms with E-state index in [1.54, 1.807) is 4.57 Å². The van der Waals surface area contributed by atoms with E-state index in [-0.39, 0.29) is 17.0 Å². The second-order valence-corrected chi connectivity index (χ2v) is 6.12. The van der Waals surface area contributed by atoms with Gasteiger partial charge in [-0.1, -0.05) is 27.7 Å². The molecule has 0 aliphatic heterocycles. The van der Waals surface area contributed by atoms with E-state index in [4.69, 9.17) is 5.11 Å². The van der Waals surface area contributed by atoms with Gasteiger partial charge in [0.1, 0.15) is 0 Å². The Hall–Kier alpha value is -1.85. The van der Waals surface area contributed by atoms with Gasteiger partial charge < -0.3 is 15.0 Å². The molecule has 0 aliphatic rings. The molecule has 0 saturated carbocycles. The maximum absolute atomic E-state index is 11.8. The summed E-state index contributed by atoms with van der Waals surface area (Å²) in [5.74, 6) is -0.729. The van der Waals surface area contributed by atoms with E-state index >= 15 is 0 Å². The number of hydrogen-bond acceptors (Lipinski definition) is 3. The topological polar surface area (TPSA) is 84.2 Å². The number of nitrogens with one attached hydrogen (secondary N) is 1. The molecule has 1 atom stereocenters. The molecule has 0 bridgehead atoms. The Morgan fingerprint density at radius 3 is 2.60 bits per heavy atom. The lowest BCUT2D eigenvalue weighted by Crippen LogP contribution is -2.31. The fraction of sp³-hybridized carbons (Fsp3) is 0.643. The standard InChI is InChI=1S/C14H23N3O3/c1-10(14(2,3)4)7-12(18)15-5-6-17-8-11(13(19)20)16-9-17/h8-10H,5-7H2,1-4H3,(H,15,18)(H,19,20). The van der Waals surface area contributed by atoms with Crippen molar-refractivity contribution in [2.75, 3.05) is 6.54 Å². The lowest BCUT2D eigenvalue weighted by atomic mass is 9.80. The Balaban J connectivity index is 2.33. The molecule has 2 N–H and O–H groups in total. The maximum atomic E-state index is 11.8. The lowest BCUT2D eigenvalue weighted by Gasteiger charge is -2.26. The van der Waals surface area contributed by atoms with E-state index in [2.05, 4.69) is 38.0 Å². The van der Waals surface area contributed by atoms with Crippen LogP contribution in [0.2, 0.25) is 0 Å². The molecule has 0 fully saturated rings. The summed E-state index contributed by atoms with van der Waals surface area (Å²) in [6.45, 7) is 9.38. The van der Waals surface area contributed by atoms with Crippen molar-refractivity contribution < 1.29 is 14.7 Å². The zero-order valence-electron chi connectivity index (χ0n) is 12.5. The minimum absolute atomic E-state index is 0.0117. The molecule has 1 unspecified atom stereocenters. The number of hydrogen-bond donors (Lipinski definition) is 2. The normalized spacial score (nSPS) is 13.0. The van der Waals surface area contributed by atoms with Crippen molar-refractivity contribution in [1.82, 2.24) is 14.9 Å². The highest BCUT2D eigenvalue weighted by atomic mass is 16.4. The first-order chi connectivity index (χ1) is 9.20. The van der Waals surface area contributed by atoms with E-state index in [0.717, 1.165) is 0 Å². The number of rotatable bonds is 6. The van der Waals surface area contributed by atoms with Crippen LogP contribution < -0.4 is 5.32 Å². The molecule has 0 aromatic carbocycles. The van der Waals surface area contributed by atoms with Crippen molar-refractivity contribution >= 4 is 11.9 Å². The molecule has 0 spiro atoms. The third-order valence-electron chi connectivity index (χ3n) is 3.51. The van der Waals surface area contributed by atoms with Crippen molar-refractivity contribution in [3.8, 4) is 0 Å². The number of carbonyl (C=O) groups is 2. The fourth-order valence-corrected chi connectivity index (χ4v) is 1.57. The van der Waals surface area contributed by atoms with E-state index in [0.29, 0.717) is 25.4 Å². The first-order valence-electron chi connectivity index (χ1n) is 6.72. The number of imidazole rings is 1. The summed E-state index contributed by atoms with van der Waals surface area (Å²) in [6.07, 6.45) is 3.40. The van der Waals surface area contributed by atoms with Gasteiger partial charge in [0.15, 0.2) is 5.69 Å². The van der Waals surface area contributed by atoms with Crippen molar-refractivity contribution in [1.29, 1.82) is 0 Å². The second-order valence-electron chi connectivity index (χ2n) is 6.12. The number of carboxylic acid groups (broad SMARTS) is 1. The van der Waals surface area contributed by atoms with Crippen LogP contribution in [0.1, 0.15) is 44.6 Å². The van der Waals surface area contributed by atoms with Crippen molar-refractivity contribution in [3.05, 3.63) is 18.2 Å². The van der Waals surface area contributed by atoms with Gasteiger partial charge in [-0.2, -0.15) is 0 Å². The number of aromatic carboxylic acids is 1. The Labute approximate surface area is 119 Å². The predicted octanol–water partition coefficient (Wildman–Crippen LogP) is 1.77. The van der Waals surface area contributed by atoms with Crippen LogP contribution in [-0.2, 0) is 11.3 Å². The number of amides is 1. The van der Waals surface area contributed by atoms with Crippen LogP contribution >= 0.6 is 0 Å². The van der Waals surface area contributed by atoms with Crippen LogP contribution in [0.5, 0.6) is 0 Å². The summed E-state index contributed by atoms with van der Waals surface area (Å²) >= 11 is 0. The molecule has 20 heavy (non-hydrogen) atoms. The first kappa shape index (κ1) is 16.2. The molecular formula is C14H23N3O3. The number of carboxylic acids is 1. The second kappa shape index (κ2) is 6.54. The third kappa shape index (κ3) is 5.03. The van der Waals surface area contributed by atoms with Crippen LogP contribution in [-0.4, -0.2) is 33.1 Å². The molecule has 1 aromatic rings. The Morgan fingerprint density at radius 2 is 2.10 bits per heavy atom. The Bertz CT molecular complexity index is 474. The largest absolute Gasteiger partial charge is 0.476 e. The SMILES string of the molecule is CC(CC(=O)NCCn1cnc(C(=O)O)c1)C(C)(C)C. The van der Waals surface area contributed by atoms with Gasteiger partial charge in [-0.15, -0.1) is 0 Å². The minimum Gasteiger partial charge on any atom is -0.476 e. The molecular weight excluding hydrogens is 258 g/mol. The van der Waals surface area contributed by atoms with Crippen molar-refractivity contribution in [2.45, 2.75) is 40.7 Å². The van der Waals surface area contributed by atoms with Crippen LogP contribution in [0.3, 0.4) is 0 Å². The summed E-state index contributed by atoms with van der Waals surface area (Å²) in [5, 5.41) is 11.6. The summed E-state index contributed by atoms with van der Waals surface area (Å²) in [5.41, 5.74) is 0.121. The molecule has 0 aliphatic carbocycles. The molecule has 1 rings (SSSR count). The molecule has 0 saturated heterocycles. The predicted molar refractivity (Wildman–Crippen MR) is 75.4 cm³/mol. The number of carbonyl (C=O) groups excluding carboxylic acids is 1. The number of nitrogens with zero attached hydrogens (tertiary/aromatic N) is 2.